The van der Waals surface area contributed by atoms with E-state index in [9.17, 15) is 0 Å². The summed E-state index contributed by atoms with van der Waals surface area (Å²) in [6, 6.07) is 0. The lowest BCUT2D eigenvalue weighted by atomic mass is 10.2. The van der Waals surface area contributed by atoms with E-state index in [-0.39, 0.29) is 6.10 Å². The third kappa shape index (κ3) is 2.97. The molecule has 0 spiro atoms. The number of hydrogen-bond donors (Lipinski definition) is 1. The Balaban J connectivity index is 2.80. The number of rotatable bonds is 5. The summed E-state index contributed by atoms with van der Waals surface area (Å²) in [5.41, 5.74) is 5.63. The Bertz CT molecular complexity index is 318. The molecule has 0 saturated heterocycles. The molecule has 1 aromatic heterocycles. The summed E-state index contributed by atoms with van der Waals surface area (Å²) < 4.78 is 10.7. The van der Waals surface area contributed by atoms with Gasteiger partial charge in [0, 0.05) is 0 Å². The van der Waals surface area contributed by atoms with Crippen LogP contribution in [0.5, 0.6) is 11.6 Å². The van der Waals surface area contributed by atoms with Crippen LogP contribution >= 0.6 is 0 Å². The van der Waals surface area contributed by atoms with Gasteiger partial charge in [0.1, 0.15) is 6.33 Å². The lowest BCUT2D eigenvalue weighted by Gasteiger charge is -2.15. The first kappa shape index (κ1) is 11.6. The Hall–Kier alpha value is -1.52. The molecule has 1 heterocycles. The van der Waals surface area contributed by atoms with E-state index in [0.717, 1.165) is 12.8 Å². The van der Waals surface area contributed by atoms with Crippen LogP contribution in [0.15, 0.2) is 6.33 Å². The molecule has 0 fully saturated rings. The zero-order valence-corrected chi connectivity index (χ0v) is 9.36. The summed E-state index contributed by atoms with van der Waals surface area (Å²) in [5.74, 6) is 1.11. The molecule has 0 amide bonds. The number of ether oxygens (including phenoxy) is 2. The van der Waals surface area contributed by atoms with Crippen LogP contribution in [0.3, 0.4) is 0 Å². The molecule has 15 heavy (non-hydrogen) atoms. The van der Waals surface area contributed by atoms with Crippen LogP contribution < -0.4 is 15.2 Å². The van der Waals surface area contributed by atoms with E-state index in [1.807, 2.05) is 6.92 Å². The van der Waals surface area contributed by atoms with Gasteiger partial charge in [-0.15, -0.1) is 0 Å². The molecule has 1 rings (SSSR count). The van der Waals surface area contributed by atoms with Crippen LogP contribution in [-0.4, -0.2) is 23.2 Å². The zero-order chi connectivity index (χ0) is 11.3. The van der Waals surface area contributed by atoms with Crippen LogP contribution in [0.1, 0.15) is 26.7 Å². The molecule has 2 N–H and O–H groups in total. The van der Waals surface area contributed by atoms with E-state index in [1.54, 1.807) is 0 Å². The van der Waals surface area contributed by atoms with Crippen molar-refractivity contribution in [3.63, 3.8) is 0 Å². The molecule has 1 aromatic rings. The maximum atomic E-state index is 5.63. The molecule has 0 radical (unpaired) electrons. The first-order chi connectivity index (χ1) is 7.19. The van der Waals surface area contributed by atoms with E-state index < -0.39 is 0 Å². The van der Waals surface area contributed by atoms with Crippen molar-refractivity contribution in [2.45, 2.75) is 32.8 Å². The molecule has 1 atom stereocenters. The summed E-state index contributed by atoms with van der Waals surface area (Å²) in [6.07, 6.45) is 3.49. The van der Waals surface area contributed by atoms with Gasteiger partial charge < -0.3 is 15.2 Å². The predicted octanol–water partition coefficient (Wildman–Crippen LogP) is 1.63. The van der Waals surface area contributed by atoms with Crippen molar-refractivity contribution >= 4 is 5.82 Å². The average molecular weight is 211 g/mol. The van der Waals surface area contributed by atoms with Gasteiger partial charge in [-0.1, -0.05) is 13.3 Å². The Kier molecular flexibility index (Phi) is 4.15. The lowest BCUT2D eigenvalue weighted by Crippen LogP contribution is -2.13. The minimum atomic E-state index is 0.0956. The maximum Gasteiger partial charge on any atom is 0.262 e. The normalized spacial score (nSPS) is 12.2. The van der Waals surface area contributed by atoms with Gasteiger partial charge in [-0.3, -0.25) is 0 Å². The number of nitrogens with zero attached hydrogens (tertiary/aromatic N) is 2. The minimum Gasteiger partial charge on any atom is -0.489 e. The summed E-state index contributed by atoms with van der Waals surface area (Å²) >= 11 is 0. The zero-order valence-electron chi connectivity index (χ0n) is 9.36. The third-order valence-corrected chi connectivity index (χ3v) is 2.01. The van der Waals surface area contributed by atoms with Crippen LogP contribution in [0.25, 0.3) is 0 Å². The summed E-state index contributed by atoms with van der Waals surface area (Å²) in [7, 11) is 1.52. The van der Waals surface area contributed by atoms with Gasteiger partial charge in [0.2, 0.25) is 5.75 Å². The van der Waals surface area contributed by atoms with Gasteiger partial charge in [-0.05, 0) is 13.3 Å². The Labute approximate surface area is 89.6 Å². The lowest BCUT2D eigenvalue weighted by molar-refractivity contribution is 0.192. The fourth-order valence-corrected chi connectivity index (χ4v) is 1.30. The van der Waals surface area contributed by atoms with Crippen molar-refractivity contribution in [1.29, 1.82) is 0 Å². The third-order valence-electron chi connectivity index (χ3n) is 2.01. The van der Waals surface area contributed by atoms with Crippen LogP contribution in [0.2, 0.25) is 0 Å². The number of aromatic nitrogens is 2. The topological polar surface area (TPSA) is 70.3 Å². The van der Waals surface area contributed by atoms with Gasteiger partial charge in [-0.2, -0.15) is 4.98 Å². The highest BCUT2D eigenvalue weighted by Crippen LogP contribution is 2.29. The van der Waals surface area contributed by atoms with Gasteiger partial charge in [-0.25, -0.2) is 4.98 Å². The molecule has 1 unspecified atom stereocenters. The van der Waals surface area contributed by atoms with Gasteiger partial charge in [0.05, 0.1) is 13.2 Å². The van der Waals surface area contributed by atoms with Gasteiger partial charge >= 0.3 is 0 Å². The highest BCUT2D eigenvalue weighted by Gasteiger charge is 2.13. The van der Waals surface area contributed by atoms with E-state index >= 15 is 0 Å². The molecule has 0 saturated carbocycles. The van der Waals surface area contributed by atoms with Crippen molar-refractivity contribution < 1.29 is 9.47 Å². The van der Waals surface area contributed by atoms with Crippen LogP contribution in [0.4, 0.5) is 5.82 Å². The van der Waals surface area contributed by atoms with Crippen molar-refractivity contribution in [1.82, 2.24) is 9.97 Å². The van der Waals surface area contributed by atoms with Gasteiger partial charge in [0.25, 0.3) is 5.88 Å². The molecule has 5 heteroatoms. The first-order valence-corrected chi connectivity index (χ1v) is 5.00. The molecular formula is C10H17N3O2. The summed E-state index contributed by atoms with van der Waals surface area (Å²) in [5, 5.41) is 0. The van der Waals surface area contributed by atoms with Crippen molar-refractivity contribution in [3.8, 4) is 11.6 Å². The second-order valence-electron chi connectivity index (χ2n) is 3.31. The standard InChI is InChI=1S/C10H17N3O2/c1-4-5-7(2)15-10-8(14-3)9(11)12-6-13-10/h6-7H,4-5H2,1-3H3,(H2,11,12,13). The highest BCUT2D eigenvalue weighted by atomic mass is 16.5. The molecule has 0 aromatic carbocycles. The van der Waals surface area contributed by atoms with Crippen LogP contribution in [-0.2, 0) is 0 Å². The fraction of sp³-hybridized carbons (Fsp3) is 0.600. The SMILES string of the molecule is CCCC(C)Oc1ncnc(N)c1OC. The van der Waals surface area contributed by atoms with E-state index in [1.165, 1.54) is 13.4 Å². The molecule has 0 bridgehead atoms. The first-order valence-electron chi connectivity index (χ1n) is 5.00. The van der Waals surface area contributed by atoms with Crippen molar-refractivity contribution in [2.75, 3.05) is 12.8 Å². The Morgan fingerprint density at radius 1 is 1.47 bits per heavy atom. The Morgan fingerprint density at radius 2 is 2.20 bits per heavy atom. The predicted molar refractivity (Wildman–Crippen MR) is 58.0 cm³/mol. The molecule has 0 aliphatic rings. The number of nitrogens with two attached hydrogens (primary N) is 1. The summed E-state index contributed by atoms with van der Waals surface area (Å²) in [6.45, 7) is 4.09. The summed E-state index contributed by atoms with van der Waals surface area (Å²) in [4.78, 5) is 7.82. The second-order valence-corrected chi connectivity index (χ2v) is 3.31. The fourth-order valence-electron chi connectivity index (χ4n) is 1.30. The number of hydrogen-bond acceptors (Lipinski definition) is 5. The molecule has 0 aliphatic carbocycles. The molecular weight excluding hydrogens is 194 g/mol. The van der Waals surface area contributed by atoms with Crippen molar-refractivity contribution in [3.05, 3.63) is 6.33 Å². The van der Waals surface area contributed by atoms with Crippen molar-refractivity contribution in [2.24, 2.45) is 0 Å². The number of methoxy groups -OCH3 is 1. The molecule has 84 valence electrons. The largest absolute Gasteiger partial charge is 0.489 e. The van der Waals surface area contributed by atoms with Gasteiger partial charge in [0.15, 0.2) is 5.82 Å². The average Bonchev–Trinajstić information content (AvgIpc) is 2.18. The smallest absolute Gasteiger partial charge is 0.262 e. The van der Waals surface area contributed by atoms with E-state index in [0.29, 0.717) is 17.4 Å². The minimum absolute atomic E-state index is 0.0956. The van der Waals surface area contributed by atoms with E-state index in [4.69, 9.17) is 15.2 Å². The monoisotopic (exact) mass is 211 g/mol. The second kappa shape index (κ2) is 5.38. The quantitative estimate of drug-likeness (QED) is 0.801. The Morgan fingerprint density at radius 3 is 2.80 bits per heavy atom. The number of nitrogen functional groups attached to an aromatic ring is 1. The van der Waals surface area contributed by atoms with Crippen LogP contribution in [0, 0.1) is 0 Å². The number of anilines is 1. The maximum absolute atomic E-state index is 5.63. The molecule has 5 nitrogen and oxygen atoms in total. The van der Waals surface area contributed by atoms with E-state index in [2.05, 4.69) is 16.9 Å². The highest BCUT2D eigenvalue weighted by molar-refractivity contribution is 5.51. The molecule has 0 aliphatic heterocycles.